The average Bonchev–Trinajstić information content (AvgIpc) is 3.02. The van der Waals surface area contributed by atoms with E-state index in [1.165, 1.54) is 13.2 Å². The first-order chi connectivity index (χ1) is 11.4. The Morgan fingerprint density at radius 3 is 2.67 bits per heavy atom. The molecule has 0 aliphatic heterocycles. The van der Waals surface area contributed by atoms with E-state index in [9.17, 15) is 18.0 Å². The Morgan fingerprint density at radius 2 is 1.96 bits per heavy atom. The number of benzene rings is 2. The van der Waals surface area contributed by atoms with Gasteiger partial charge in [-0.05, 0) is 30.3 Å². The molecule has 1 heterocycles. The molecule has 0 radical (unpaired) electrons. The Balaban J connectivity index is 1.98. The Kier molecular flexibility index (Phi) is 3.92. The molecule has 0 spiro atoms. The van der Waals surface area contributed by atoms with Crippen molar-refractivity contribution in [3.63, 3.8) is 0 Å². The predicted molar refractivity (Wildman–Crippen MR) is 84.2 cm³/mol. The van der Waals surface area contributed by atoms with Crippen LogP contribution in [-0.2, 0) is 6.18 Å². The quantitative estimate of drug-likeness (QED) is 0.744. The summed E-state index contributed by atoms with van der Waals surface area (Å²) in [5, 5.41) is 3.32. The summed E-state index contributed by atoms with van der Waals surface area (Å²) in [5.74, 6) is -0.379. The third-order valence-corrected chi connectivity index (χ3v) is 3.61. The summed E-state index contributed by atoms with van der Waals surface area (Å²) in [6.45, 7) is 0. The number of aromatic amines is 1. The lowest BCUT2D eigenvalue weighted by Crippen LogP contribution is -2.14. The molecule has 24 heavy (non-hydrogen) atoms. The molecule has 0 atom stereocenters. The predicted octanol–water partition coefficient (Wildman–Crippen LogP) is 4.45. The van der Waals surface area contributed by atoms with Gasteiger partial charge in [0, 0.05) is 11.6 Å². The van der Waals surface area contributed by atoms with E-state index in [0.29, 0.717) is 11.1 Å². The highest BCUT2D eigenvalue weighted by Crippen LogP contribution is 2.35. The SMILES string of the molecule is COc1ccc(C(F)(F)F)cc1NC(=O)c1cccc2cc[nH]c12. The summed E-state index contributed by atoms with van der Waals surface area (Å²) in [4.78, 5) is 15.4. The lowest BCUT2D eigenvalue weighted by atomic mass is 10.1. The van der Waals surface area contributed by atoms with Gasteiger partial charge in [-0.25, -0.2) is 0 Å². The molecule has 4 nitrogen and oxygen atoms in total. The summed E-state index contributed by atoms with van der Waals surface area (Å²) in [5.41, 5.74) is 0.0375. The summed E-state index contributed by atoms with van der Waals surface area (Å²) in [6, 6.07) is 9.85. The van der Waals surface area contributed by atoms with E-state index in [1.807, 2.05) is 6.07 Å². The van der Waals surface area contributed by atoms with E-state index in [4.69, 9.17) is 4.74 Å². The number of H-pyrrole nitrogens is 1. The van der Waals surface area contributed by atoms with Gasteiger partial charge in [-0.15, -0.1) is 0 Å². The number of anilines is 1. The molecule has 0 aliphatic rings. The van der Waals surface area contributed by atoms with Gasteiger partial charge < -0.3 is 15.0 Å². The van der Waals surface area contributed by atoms with E-state index in [2.05, 4.69) is 10.3 Å². The lowest BCUT2D eigenvalue weighted by Gasteiger charge is -2.14. The number of ether oxygens (including phenoxy) is 1. The fourth-order valence-corrected chi connectivity index (χ4v) is 2.45. The molecule has 124 valence electrons. The van der Waals surface area contributed by atoms with E-state index < -0.39 is 17.6 Å². The molecule has 0 aliphatic carbocycles. The molecule has 1 aromatic heterocycles. The monoisotopic (exact) mass is 334 g/mol. The van der Waals surface area contributed by atoms with Gasteiger partial charge in [0.2, 0.25) is 0 Å². The van der Waals surface area contributed by atoms with E-state index in [1.54, 1.807) is 24.4 Å². The van der Waals surface area contributed by atoms with Gasteiger partial charge in [-0.1, -0.05) is 12.1 Å². The van der Waals surface area contributed by atoms with Crippen molar-refractivity contribution in [3.05, 3.63) is 59.8 Å². The van der Waals surface area contributed by atoms with Crippen molar-refractivity contribution in [1.29, 1.82) is 0 Å². The zero-order valence-corrected chi connectivity index (χ0v) is 12.6. The second-order valence-corrected chi connectivity index (χ2v) is 5.11. The molecule has 2 N–H and O–H groups in total. The number of amides is 1. The van der Waals surface area contributed by atoms with Gasteiger partial charge in [-0.2, -0.15) is 13.2 Å². The van der Waals surface area contributed by atoms with Crippen LogP contribution in [0.4, 0.5) is 18.9 Å². The minimum absolute atomic E-state index is 0.0408. The highest BCUT2D eigenvalue weighted by Gasteiger charge is 2.31. The average molecular weight is 334 g/mol. The van der Waals surface area contributed by atoms with Crippen molar-refractivity contribution in [2.45, 2.75) is 6.18 Å². The largest absolute Gasteiger partial charge is 0.495 e. The molecule has 0 saturated heterocycles. The van der Waals surface area contributed by atoms with Crippen LogP contribution in [0.1, 0.15) is 15.9 Å². The van der Waals surface area contributed by atoms with Crippen LogP contribution in [0, 0.1) is 0 Å². The lowest BCUT2D eigenvalue weighted by molar-refractivity contribution is -0.137. The minimum Gasteiger partial charge on any atom is -0.495 e. The van der Waals surface area contributed by atoms with Crippen molar-refractivity contribution in [1.82, 2.24) is 4.98 Å². The van der Waals surface area contributed by atoms with Gasteiger partial charge >= 0.3 is 6.18 Å². The van der Waals surface area contributed by atoms with E-state index in [-0.39, 0.29) is 11.4 Å². The standard InChI is InChI=1S/C17H13F3N2O2/c1-24-14-6-5-11(17(18,19)20)9-13(14)22-16(23)12-4-2-3-10-7-8-21-15(10)12/h2-9,21H,1H3,(H,22,23). The minimum atomic E-state index is -4.51. The zero-order valence-electron chi connectivity index (χ0n) is 12.6. The van der Waals surface area contributed by atoms with Gasteiger partial charge in [0.05, 0.1) is 29.4 Å². The number of aromatic nitrogens is 1. The van der Waals surface area contributed by atoms with Crippen LogP contribution in [0.15, 0.2) is 48.7 Å². The molecule has 7 heteroatoms. The molecule has 2 aromatic carbocycles. The Bertz CT molecular complexity index is 900. The maximum absolute atomic E-state index is 12.9. The van der Waals surface area contributed by atoms with Crippen LogP contribution in [0.3, 0.4) is 0 Å². The number of methoxy groups -OCH3 is 1. The number of halogens is 3. The van der Waals surface area contributed by atoms with Crippen molar-refractivity contribution in [3.8, 4) is 5.75 Å². The van der Waals surface area contributed by atoms with E-state index in [0.717, 1.165) is 17.5 Å². The fourth-order valence-electron chi connectivity index (χ4n) is 2.45. The van der Waals surface area contributed by atoms with Crippen LogP contribution in [0.2, 0.25) is 0 Å². The number of hydrogen-bond donors (Lipinski definition) is 2. The maximum Gasteiger partial charge on any atom is 0.416 e. The second-order valence-electron chi connectivity index (χ2n) is 5.11. The van der Waals surface area contributed by atoms with Crippen LogP contribution < -0.4 is 10.1 Å². The zero-order chi connectivity index (χ0) is 17.3. The molecule has 3 aromatic rings. The first-order valence-corrected chi connectivity index (χ1v) is 7.03. The third-order valence-electron chi connectivity index (χ3n) is 3.61. The third kappa shape index (κ3) is 2.92. The number of carbonyl (C=O) groups excluding carboxylic acids is 1. The summed E-state index contributed by atoms with van der Waals surface area (Å²) < 4.78 is 43.6. The van der Waals surface area contributed by atoms with Crippen LogP contribution >= 0.6 is 0 Å². The molecule has 0 bridgehead atoms. The van der Waals surface area contributed by atoms with E-state index >= 15 is 0 Å². The van der Waals surface area contributed by atoms with Crippen molar-refractivity contribution < 1.29 is 22.7 Å². The molecular weight excluding hydrogens is 321 g/mol. The number of carbonyl (C=O) groups is 1. The summed E-state index contributed by atoms with van der Waals surface area (Å²) in [6.07, 6.45) is -2.82. The Labute approximate surface area is 135 Å². The van der Waals surface area contributed by atoms with Gasteiger partial charge in [0.1, 0.15) is 5.75 Å². The number of fused-ring (bicyclic) bond motifs is 1. The van der Waals surface area contributed by atoms with Crippen LogP contribution in [0.25, 0.3) is 10.9 Å². The van der Waals surface area contributed by atoms with Gasteiger partial charge in [-0.3, -0.25) is 4.79 Å². The molecule has 0 fully saturated rings. The van der Waals surface area contributed by atoms with Gasteiger partial charge in [0.25, 0.3) is 5.91 Å². The first-order valence-electron chi connectivity index (χ1n) is 7.03. The topological polar surface area (TPSA) is 54.1 Å². The number of nitrogens with one attached hydrogen (secondary N) is 2. The first kappa shape index (κ1) is 15.9. The Hall–Kier alpha value is -2.96. The normalized spacial score (nSPS) is 11.5. The molecule has 0 saturated carbocycles. The number of para-hydroxylation sites is 1. The maximum atomic E-state index is 12.9. The summed E-state index contributed by atoms with van der Waals surface area (Å²) in [7, 11) is 1.32. The molecule has 1 amide bonds. The Morgan fingerprint density at radius 1 is 1.17 bits per heavy atom. The molecular formula is C17H13F3N2O2. The highest BCUT2D eigenvalue weighted by atomic mass is 19.4. The highest BCUT2D eigenvalue weighted by molar-refractivity contribution is 6.12. The van der Waals surface area contributed by atoms with Crippen molar-refractivity contribution in [2.75, 3.05) is 12.4 Å². The van der Waals surface area contributed by atoms with Gasteiger partial charge in [0.15, 0.2) is 0 Å². The number of hydrogen-bond acceptors (Lipinski definition) is 2. The fraction of sp³-hybridized carbons (Fsp3) is 0.118. The van der Waals surface area contributed by atoms with Crippen molar-refractivity contribution >= 4 is 22.5 Å². The number of rotatable bonds is 3. The van der Waals surface area contributed by atoms with Crippen LogP contribution in [0.5, 0.6) is 5.75 Å². The van der Waals surface area contributed by atoms with Crippen molar-refractivity contribution in [2.24, 2.45) is 0 Å². The molecule has 0 unspecified atom stereocenters. The number of alkyl halides is 3. The summed E-state index contributed by atoms with van der Waals surface area (Å²) >= 11 is 0. The molecule has 3 rings (SSSR count). The van der Waals surface area contributed by atoms with Crippen LogP contribution in [-0.4, -0.2) is 18.0 Å². The second kappa shape index (κ2) is 5.92. The smallest absolute Gasteiger partial charge is 0.416 e.